The number of rotatable bonds is 2. The van der Waals surface area contributed by atoms with Gasteiger partial charge >= 0.3 is 0 Å². The zero-order valence-corrected chi connectivity index (χ0v) is 8.66. The summed E-state index contributed by atoms with van der Waals surface area (Å²) in [6, 6.07) is 6.62. The Kier molecular flexibility index (Phi) is 2.45. The van der Waals surface area contributed by atoms with E-state index in [1.54, 1.807) is 18.2 Å². The minimum absolute atomic E-state index is 0.104. The lowest BCUT2D eigenvalue weighted by Gasteiger charge is -1.96. The van der Waals surface area contributed by atoms with Crippen LogP contribution in [0.4, 0.5) is 0 Å². The van der Waals surface area contributed by atoms with Gasteiger partial charge in [-0.1, -0.05) is 12.1 Å². The number of aliphatic hydroxyl groups excluding tert-OH is 1. The van der Waals surface area contributed by atoms with Crippen LogP contribution in [0.25, 0.3) is 0 Å². The van der Waals surface area contributed by atoms with Gasteiger partial charge in [-0.05, 0) is 12.1 Å². The van der Waals surface area contributed by atoms with E-state index in [4.69, 9.17) is 5.11 Å². The van der Waals surface area contributed by atoms with Gasteiger partial charge in [-0.2, -0.15) is 0 Å². The predicted octanol–water partition coefficient (Wildman–Crippen LogP) is -0.283. The molecule has 0 atom stereocenters. The Hall–Kier alpha value is -1.40. The van der Waals surface area contributed by atoms with Gasteiger partial charge in [-0.25, -0.2) is 8.42 Å². The first-order chi connectivity index (χ1) is 7.15. The summed E-state index contributed by atoms with van der Waals surface area (Å²) in [4.78, 5) is 4.19. The topological polar surface area (TPSA) is 78.8 Å². The van der Waals surface area contributed by atoms with E-state index >= 15 is 0 Å². The molecule has 0 saturated heterocycles. The van der Waals surface area contributed by atoms with Crippen LogP contribution in [-0.4, -0.2) is 32.5 Å². The fraction of sp³-hybridized carbons (Fsp3) is 0.222. The second-order valence-corrected chi connectivity index (χ2v) is 4.71. The molecule has 0 aliphatic carbocycles. The molecule has 0 radical (unpaired) electrons. The van der Waals surface area contributed by atoms with E-state index in [1.807, 2.05) is 0 Å². The largest absolute Gasteiger partial charge is 0.394 e. The number of aliphatic imine (C=N–C) groups is 1. The van der Waals surface area contributed by atoms with Crippen molar-refractivity contribution < 1.29 is 13.5 Å². The van der Waals surface area contributed by atoms with E-state index in [9.17, 15) is 8.42 Å². The maximum atomic E-state index is 11.6. The molecule has 2 N–H and O–H groups in total. The first-order valence-electron chi connectivity index (χ1n) is 4.42. The summed E-state index contributed by atoms with van der Waals surface area (Å²) in [5.41, 5.74) is 0.561. The molecule has 2 rings (SSSR count). The van der Waals surface area contributed by atoms with E-state index < -0.39 is 10.0 Å². The molecule has 0 unspecified atom stereocenters. The zero-order valence-electron chi connectivity index (χ0n) is 7.84. The monoisotopic (exact) mass is 226 g/mol. The van der Waals surface area contributed by atoms with E-state index in [2.05, 4.69) is 9.71 Å². The Labute approximate surface area is 87.5 Å². The number of aliphatic hydroxyl groups is 1. The highest BCUT2D eigenvalue weighted by Gasteiger charge is 2.29. The summed E-state index contributed by atoms with van der Waals surface area (Å²) in [6.07, 6.45) is 0. The summed E-state index contributed by atoms with van der Waals surface area (Å²) in [6.45, 7) is 0.0829. The Morgan fingerprint density at radius 3 is 2.80 bits per heavy atom. The second kappa shape index (κ2) is 3.63. The van der Waals surface area contributed by atoms with Crippen LogP contribution in [0.5, 0.6) is 0 Å². The number of hydrogen-bond donors (Lipinski definition) is 2. The Bertz CT molecular complexity index is 508. The fourth-order valence-electron chi connectivity index (χ4n) is 1.41. The van der Waals surface area contributed by atoms with Crippen molar-refractivity contribution >= 4 is 15.9 Å². The van der Waals surface area contributed by atoms with Crippen LogP contribution in [-0.2, 0) is 10.0 Å². The van der Waals surface area contributed by atoms with Gasteiger partial charge in [0.2, 0.25) is 0 Å². The third-order valence-corrected chi connectivity index (χ3v) is 3.43. The summed E-state index contributed by atoms with van der Waals surface area (Å²) in [5, 5.41) is 8.62. The van der Waals surface area contributed by atoms with Crippen LogP contribution in [0.3, 0.4) is 0 Å². The van der Waals surface area contributed by atoms with E-state index in [0.717, 1.165) is 0 Å². The van der Waals surface area contributed by atoms with Crippen LogP contribution in [0.1, 0.15) is 5.56 Å². The van der Waals surface area contributed by atoms with Crippen LogP contribution < -0.4 is 4.72 Å². The van der Waals surface area contributed by atoms with Crippen LogP contribution >= 0.6 is 0 Å². The maximum absolute atomic E-state index is 11.6. The molecular formula is C9H10N2O3S. The van der Waals surface area contributed by atoms with Gasteiger partial charge < -0.3 is 5.11 Å². The highest BCUT2D eigenvalue weighted by atomic mass is 32.2. The van der Waals surface area contributed by atoms with Gasteiger partial charge in [0.25, 0.3) is 10.0 Å². The Balaban J connectivity index is 2.52. The quantitative estimate of drug-likeness (QED) is 0.727. The predicted molar refractivity (Wildman–Crippen MR) is 55.3 cm³/mol. The molecule has 1 aromatic rings. The van der Waals surface area contributed by atoms with Crippen molar-refractivity contribution in [1.82, 2.24) is 4.72 Å². The molecule has 15 heavy (non-hydrogen) atoms. The van der Waals surface area contributed by atoms with Gasteiger partial charge in [0, 0.05) is 5.56 Å². The molecule has 1 aliphatic heterocycles. The summed E-state index contributed by atoms with van der Waals surface area (Å²) in [7, 11) is -3.45. The van der Waals surface area contributed by atoms with Crippen molar-refractivity contribution in [2.24, 2.45) is 4.99 Å². The van der Waals surface area contributed by atoms with E-state index in [1.165, 1.54) is 6.07 Å². The molecular weight excluding hydrogens is 216 g/mol. The third-order valence-electron chi connectivity index (χ3n) is 2.03. The molecule has 6 heteroatoms. The van der Waals surface area contributed by atoms with Crippen LogP contribution in [0.2, 0.25) is 0 Å². The summed E-state index contributed by atoms with van der Waals surface area (Å²) >= 11 is 0. The Morgan fingerprint density at radius 2 is 2.07 bits per heavy atom. The first kappa shape index (κ1) is 10.1. The van der Waals surface area contributed by atoms with Crippen LogP contribution in [0, 0.1) is 0 Å². The van der Waals surface area contributed by atoms with Crippen molar-refractivity contribution in [1.29, 1.82) is 0 Å². The minimum atomic E-state index is -3.45. The Morgan fingerprint density at radius 1 is 1.33 bits per heavy atom. The average molecular weight is 226 g/mol. The van der Waals surface area contributed by atoms with Crippen molar-refractivity contribution in [3.63, 3.8) is 0 Å². The normalized spacial score (nSPS) is 19.9. The van der Waals surface area contributed by atoms with Gasteiger partial charge in [0.15, 0.2) is 0 Å². The molecule has 0 spiro atoms. The van der Waals surface area contributed by atoms with Crippen molar-refractivity contribution in [2.75, 3.05) is 13.2 Å². The lowest BCUT2D eigenvalue weighted by molar-refractivity contribution is 0.307. The molecule has 1 heterocycles. The average Bonchev–Trinajstić information content (AvgIpc) is 2.49. The molecule has 1 aliphatic rings. The molecule has 0 aromatic heterocycles. The van der Waals surface area contributed by atoms with Crippen molar-refractivity contribution in [3.8, 4) is 0 Å². The van der Waals surface area contributed by atoms with E-state index in [-0.39, 0.29) is 18.0 Å². The number of nitrogens with zero attached hydrogens (tertiary/aromatic N) is 1. The lowest BCUT2D eigenvalue weighted by atomic mass is 10.2. The number of sulfonamides is 1. The van der Waals surface area contributed by atoms with E-state index in [0.29, 0.717) is 11.4 Å². The number of fused-ring (bicyclic) bond motifs is 1. The maximum Gasteiger partial charge on any atom is 0.263 e. The fourth-order valence-corrected chi connectivity index (χ4v) is 2.66. The van der Waals surface area contributed by atoms with Gasteiger partial charge in [0.05, 0.1) is 18.0 Å². The number of amidine groups is 1. The summed E-state index contributed by atoms with van der Waals surface area (Å²) < 4.78 is 25.5. The molecule has 0 amide bonds. The van der Waals surface area contributed by atoms with Gasteiger partial charge in [-0.3, -0.25) is 9.71 Å². The molecule has 0 saturated carbocycles. The summed E-state index contributed by atoms with van der Waals surface area (Å²) in [5.74, 6) is 0.305. The molecule has 80 valence electrons. The standard InChI is InChI=1S/C9H10N2O3S/c12-6-5-10-9-7-3-1-2-4-8(7)15(13,14)11-9/h1-4,12H,5-6H2,(H,10,11). The van der Waals surface area contributed by atoms with Crippen molar-refractivity contribution in [3.05, 3.63) is 29.8 Å². The highest BCUT2D eigenvalue weighted by molar-refractivity contribution is 7.90. The number of nitrogens with one attached hydrogen (secondary N) is 1. The van der Waals surface area contributed by atoms with Gasteiger partial charge in [-0.15, -0.1) is 0 Å². The van der Waals surface area contributed by atoms with Crippen molar-refractivity contribution in [2.45, 2.75) is 4.90 Å². The molecule has 1 aromatic carbocycles. The first-order valence-corrected chi connectivity index (χ1v) is 5.91. The lowest BCUT2D eigenvalue weighted by Crippen LogP contribution is -2.22. The van der Waals surface area contributed by atoms with Crippen LogP contribution in [0.15, 0.2) is 34.2 Å². The number of hydrogen-bond acceptors (Lipinski definition) is 4. The molecule has 5 nitrogen and oxygen atoms in total. The smallest absolute Gasteiger partial charge is 0.263 e. The molecule has 0 bridgehead atoms. The third kappa shape index (κ3) is 1.73. The number of benzene rings is 1. The second-order valence-electron chi connectivity index (χ2n) is 3.06. The zero-order chi connectivity index (χ0) is 10.9. The highest BCUT2D eigenvalue weighted by Crippen LogP contribution is 2.21. The SMILES string of the molecule is O=S1(=O)NC(=NCCO)c2ccccc21. The molecule has 0 fully saturated rings. The van der Waals surface area contributed by atoms with Gasteiger partial charge in [0.1, 0.15) is 5.84 Å². The minimum Gasteiger partial charge on any atom is -0.394 e.